The van der Waals surface area contributed by atoms with Crippen LogP contribution in [0.25, 0.3) is 10.9 Å². The molecular weight excluding hydrogens is 384 g/mol. The minimum atomic E-state index is -0.345. The predicted molar refractivity (Wildman–Crippen MR) is 118 cm³/mol. The Kier molecular flexibility index (Phi) is 5.93. The second kappa shape index (κ2) is 8.60. The summed E-state index contributed by atoms with van der Waals surface area (Å²) in [7, 11) is 0. The van der Waals surface area contributed by atoms with Gasteiger partial charge in [0.2, 0.25) is 0 Å². The molecule has 1 aromatic heterocycles. The Morgan fingerprint density at radius 1 is 1.17 bits per heavy atom. The second-order valence-electron chi connectivity index (χ2n) is 7.90. The standard InChI is InChI=1S/C24H27ClN2O2/c1-16-23(24(28)29-17(2)19-6-8-20(25)9-7-19)21-15-18(5-10-22(21)26-16)11-14-27-12-3-4-13-27/h5-10,15,17,26H,3-4,11-14H2,1-2H3. The van der Waals surface area contributed by atoms with E-state index >= 15 is 0 Å². The SMILES string of the molecule is Cc1[nH]c2ccc(CCN3CCCC3)cc2c1C(=O)OC(C)c1ccc(Cl)cc1. The number of fused-ring (bicyclic) bond motifs is 1. The minimum Gasteiger partial charge on any atom is -0.454 e. The van der Waals surface area contributed by atoms with Crippen molar-refractivity contribution in [3.63, 3.8) is 0 Å². The molecule has 4 nitrogen and oxygen atoms in total. The van der Waals surface area contributed by atoms with E-state index in [1.165, 1.54) is 31.5 Å². The lowest BCUT2D eigenvalue weighted by atomic mass is 10.1. The molecule has 1 unspecified atom stereocenters. The first-order chi connectivity index (χ1) is 14.0. The molecule has 1 N–H and O–H groups in total. The van der Waals surface area contributed by atoms with Crippen LogP contribution in [0.5, 0.6) is 0 Å². The Hall–Kier alpha value is -2.30. The van der Waals surface area contributed by atoms with Crippen LogP contribution in [0.15, 0.2) is 42.5 Å². The van der Waals surface area contributed by atoms with Crippen LogP contribution in [0, 0.1) is 6.92 Å². The summed E-state index contributed by atoms with van der Waals surface area (Å²) in [4.78, 5) is 18.8. The molecule has 5 heteroatoms. The molecule has 0 spiro atoms. The first-order valence-corrected chi connectivity index (χ1v) is 10.7. The van der Waals surface area contributed by atoms with E-state index in [0.29, 0.717) is 10.6 Å². The number of rotatable bonds is 6. The number of nitrogens with zero attached hydrogens (tertiary/aromatic N) is 1. The fourth-order valence-corrected chi connectivity index (χ4v) is 4.23. The van der Waals surface area contributed by atoms with Gasteiger partial charge in [-0.05, 0) is 81.6 Å². The van der Waals surface area contributed by atoms with Gasteiger partial charge in [0, 0.05) is 28.2 Å². The smallest absolute Gasteiger partial charge is 0.341 e. The van der Waals surface area contributed by atoms with E-state index in [1.54, 1.807) is 0 Å². The number of esters is 1. The Morgan fingerprint density at radius 2 is 1.90 bits per heavy atom. The lowest BCUT2D eigenvalue weighted by Gasteiger charge is -2.15. The third-order valence-corrected chi connectivity index (χ3v) is 6.05. The third kappa shape index (κ3) is 4.49. The normalized spacial score (nSPS) is 15.7. The molecule has 2 aromatic carbocycles. The molecular formula is C24H27ClN2O2. The summed E-state index contributed by atoms with van der Waals surface area (Å²) >= 11 is 5.96. The van der Waals surface area contributed by atoms with Crippen molar-refractivity contribution < 1.29 is 9.53 Å². The monoisotopic (exact) mass is 410 g/mol. The molecule has 2 heterocycles. The van der Waals surface area contributed by atoms with Crippen molar-refractivity contribution in [3.8, 4) is 0 Å². The Balaban J connectivity index is 1.53. The maximum atomic E-state index is 13.0. The molecule has 4 rings (SSSR count). The van der Waals surface area contributed by atoms with E-state index in [0.717, 1.165) is 35.1 Å². The molecule has 0 radical (unpaired) electrons. The number of aryl methyl sites for hydroxylation is 1. The fourth-order valence-electron chi connectivity index (χ4n) is 4.11. The topological polar surface area (TPSA) is 45.3 Å². The van der Waals surface area contributed by atoms with Crippen LogP contribution in [-0.2, 0) is 11.2 Å². The number of hydrogen-bond acceptors (Lipinski definition) is 3. The summed E-state index contributed by atoms with van der Waals surface area (Å²) < 4.78 is 5.78. The maximum Gasteiger partial charge on any atom is 0.341 e. The molecule has 0 saturated carbocycles. The van der Waals surface area contributed by atoms with Gasteiger partial charge in [0.05, 0.1) is 5.56 Å². The highest BCUT2D eigenvalue weighted by molar-refractivity contribution is 6.30. The van der Waals surface area contributed by atoms with E-state index in [4.69, 9.17) is 16.3 Å². The molecule has 1 aliphatic heterocycles. The zero-order valence-electron chi connectivity index (χ0n) is 17.0. The summed E-state index contributed by atoms with van der Waals surface area (Å²) in [6.07, 6.45) is 3.26. The van der Waals surface area contributed by atoms with Gasteiger partial charge in [-0.3, -0.25) is 0 Å². The molecule has 0 aliphatic carbocycles. The molecule has 1 atom stereocenters. The maximum absolute atomic E-state index is 13.0. The first-order valence-electron chi connectivity index (χ1n) is 10.3. The summed E-state index contributed by atoms with van der Waals surface area (Å²) in [5, 5.41) is 1.61. The zero-order valence-corrected chi connectivity index (χ0v) is 17.8. The summed E-state index contributed by atoms with van der Waals surface area (Å²) in [5.41, 5.74) is 4.61. The highest BCUT2D eigenvalue weighted by atomic mass is 35.5. The van der Waals surface area contributed by atoms with Gasteiger partial charge in [-0.1, -0.05) is 29.8 Å². The fraction of sp³-hybridized carbons (Fsp3) is 0.375. The summed E-state index contributed by atoms with van der Waals surface area (Å²) in [6.45, 7) is 7.28. The number of nitrogens with one attached hydrogen (secondary N) is 1. The van der Waals surface area contributed by atoms with Gasteiger partial charge in [0.25, 0.3) is 0 Å². The Bertz CT molecular complexity index is 1000. The van der Waals surface area contributed by atoms with Crippen LogP contribution < -0.4 is 0 Å². The molecule has 1 saturated heterocycles. The molecule has 1 fully saturated rings. The van der Waals surface area contributed by atoms with Crippen LogP contribution in [0.2, 0.25) is 5.02 Å². The predicted octanol–water partition coefficient (Wildman–Crippen LogP) is 5.69. The van der Waals surface area contributed by atoms with Crippen LogP contribution in [0.4, 0.5) is 0 Å². The number of carbonyl (C=O) groups excluding carboxylic acids is 1. The third-order valence-electron chi connectivity index (χ3n) is 5.79. The quantitative estimate of drug-likeness (QED) is 0.531. The van der Waals surface area contributed by atoms with Crippen molar-refractivity contribution in [2.45, 2.75) is 39.2 Å². The van der Waals surface area contributed by atoms with E-state index in [2.05, 4.69) is 28.1 Å². The van der Waals surface area contributed by atoms with Crippen molar-refractivity contribution in [2.24, 2.45) is 0 Å². The van der Waals surface area contributed by atoms with E-state index in [-0.39, 0.29) is 12.1 Å². The molecule has 0 bridgehead atoms. The Labute approximate surface area is 176 Å². The average Bonchev–Trinajstić information content (AvgIpc) is 3.33. The van der Waals surface area contributed by atoms with Gasteiger partial charge in [-0.2, -0.15) is 0 Å². The highest BCUT2D eigenvalue weighted by Crippen LogP contribution is 2.27. The van der Waals surface area contributed by atoms with Crippen molar-refractivity contribution >= 4 is 28.5 Å². The van der Waals surface area contributed by atoms with Gasteiger partial charge in [-0.25, -0.2) is 4.79 Å². The number of halogens is 1. The van der Waals surface area contributed by atoms with E-state index in [1.807, 2.05) is 38.1 Å². The molecule has 29 heavy (non-hydrogen) atoms. The van der Waals surface area contributed by atoms with E-state index in [9.17, 15) is 4.79 Å². The van der Waals surface area contributed by atoms with Gasteiger partial charge < -0.3 is 14.6 Å². The number of aromatic nitrogens is 1. The van der Waals surface area contributed by atoms with Crippen LogP contribution in [0.3, 0.4) is 0 Å². The summed E-state index contributed by atoms with van der Waals surface area (Å²) in [5.74, 6) is -0.298. The number of likely N-dealkylation sites (tertiary alicyclic amines) is 1. The molecule has 152 valence electrons. The van der Waals surface area contributed by atoms with Gasteiger partial charge in [-0.15, -0.1) is 0 Å². The number of aromatic amines is 1. The summed E-state index contributed by atoms with van der Waals surface area (Å²) in [6, 6.07) is 13.8. The Morgan fingerprint density at radius 3 is 2.62 bits per heavy atom. The first kappa shape index (κ1) is 20.0. The minimum absolute atomic E-state index is 0.298. The average molecular weight is 411 g/mol. The van der Waals surface area contributed by atoms with Crippen molar-refractivity contribution in [1.82, 2.24) is 9.88 Å². The van der Waals surface area contributed by atoms with Crippen LogP contribution >= 0.6 is 11.6 Å². The number of ether oxygens (including phenoxy) is 1. The lowest BCUT2D eigenvalue weighted by Crippen LogP contribution is -2.21. The lowest BCUT2D eigenvalue weighted by molar-refractivity contribution is 0.0339. The van der Waals surface area contributed by atoms with Gasteiger partial charge >= 0.3 is 5.97 Å². The number of H-pyrrole nitrogens is 1. The van der Waals surface area contributed by atoms with Crippen LogP contribution in [0.1, 0.15) is 53.0 Å². The zero-order chi connectivity index (χ0) is 20.4. The van der Waals surface area contributed by atoms with Crippen LogP contribution in [-0.4, -0.2) is 35.5 Å². The number of carbonyl (C=O) groups is 1. The molecule has 0 amide bonds. The largest absolute Gasteiger partial charge is 0.454 e. The molecule has 3 aromatic rings. The van der Waals surface area contributed by atoms with Crippen molar-refractivity contribution in [1.29, 1.82) is 0 Å². The van der Waals surface area contributed by atoms with Gasteiger partial charge in [0.15, 0.2) is 0 Å². The number of hydrogen-bond donors (Lipinski definition) is 1. The van der Waals surface area contributed by atoms with Gasteiger partial charge in [0.1, 0.15) is 6.10 Å². The molecule has 1 aliphatic rings. The van der Waals surface area contributed by atoms with E-state index < -0.39 is 0 Å². The van der Waals surface area contributed by atoms with Crippen molar-refractivity contribution in [2.75, 3.05) is 19.6 Å². The highest BCUT2D eigenvalue weighted by Gasteiger charge is 2.21. The second-order valence-corrected chi connectivity index (χ2v) is 8.34. The number of benzene rings is 2. The van der Waals surface area contributed by atoms with Crippen molar-refractivity contribution in [3.05, 3.63) is 69.9 Å².